The Morgan fingerprint density at radius 3 is 2.32 bits per heavy atom. The van der Waals surface area contributed by atoms with Gasteiger partial charge in [-0.1, -0.05) is 0 Å². The van der Waals surface area contributed by atoms with Crippen molar-refractivity contribution in [2.45, 2.75) is 57.3 Å². The number of oxazole rings is 1. The molecule has 0 aliphatic heterocycles. The molecule has 4 saturated carbocycles. The highest BCUT2D eigenvalue weighted by Crippen LogP contribution is 2.60. The van der Waals surface area contributed by atoms with Crippen LogP contribution in [0.3, 0.4) is 0 Å². The Labute approximate surface area is 114 Å². The van der Waals surface area contributed by atoms with Crippen LogP contribution in [0.5, 0.6) is 0 Å². The second-order valence-corrected chi connectivity index (χ2v) is 7.05. The molecule has 0 amide bonds. The summed E-state index contributed by atoms with van der Waals surface area (Å²) in [5.74, 6) is 4.51. The van der Waals surface area contributed by atoms with Crippen molar-refractivity contribution in [3.8, 4) is 6.07 Å². The van der Waals surface area contributed by atoms with Crippen LogP contribution in [0.25, 0.3) is 0 Å². The highest BCUT2D eigenvalue weighted by atomic mass is 16.4. The molecule has 0 spiro atoms. The van der Waals surface area contributed by atoms with E-state index in [0.717, 1.165) is 35.1 Å². The van der Waals surface area contributed by atoms with Crippen LogP contribution >= 0.6 is 0 Å². The standard InChI is InChI=1S/C16H20N2O/c1-10-14(2-3-17)18-15(19-10)16-7-11-4-12(8-16)6-13(5-11)9-16/h11-13H,2,4-9H2,1H3. The van der Waals surface area contributed by atoms with Gasteiger partial charge in [0.05, 0.1) is 18.2 Å². The van der Waals surface area contributed by atoms with Gasteiger partial charge in [0, 0.05) is 5.41 Å². The molecule has 4 aliphatic rings. The molecule has 19 heavy (non-hydrogen) atoms. The molecule has 0 atom stereocenters. The predicted molar refractivity (Wildman–Crippen MR) is 70.4 cm³/mol. The molecule has 4 aliphatic carbocycles. The van der Waals surface area contributed by atoms with E-state index in [1.165, 1.54) is 38.5 Å². The summed E-state index contributed by atoms with van der Waals surface area (Å²) in [6.07, 6.45) is 8.49. The molecule has 1 heterocycles. The quantitative estimate of drug-likeness (QED) is 0.813. The van der Waals surface area contributed by atoms with Gasteiger partial charge in [-0.25, -0.2) is 4.98 Å². The van der Waals surface area contributed by atoms with E-state index in [1.807, 2.05) is 6.92 Å². The average Bonchev–Trinajstić information content (AvgIpc) is 2.70. The van der Waals surface area contributed by atoms with Gasteiger partial charge in [0.1, 0.15) is 5.76 Å². The lowest BCUT2D eigenvalue weighted by Gasteiger charge is -2.55. The van der Waals surface area contributed by atoms with E-state index in [-0.39, 0.29) is 5.41 Å². The number of rotatable bonds is 2. The Hall–Kier alpha value is -1.30. The van der Waals surface area contributed by atoms with E-state index >= 15 is 0 Å². The summed E-state index contributed by atoms with van der Waals surface area (Å²) in [7, 11) is 0. The average molecular weight is 256 g/mol. The van der Waals surface area contributed by atoms with Crippen LogP contribution in [0.1, 0.15) is 55.9 Å². The van der Waals surface area contributed by atoms with Crippen LogP contribution in [0.2, 0.25) is 0 Å². The lowest BCUT2D eigenvalue weighted by atomic mass is 9.49. The van der Waals surface area contributed by atoms with E-state index in [4.69, 9.17) is 14.7 Å². The molecule has 1 aromatic heterocycles. The van der Waals surface area contributed by atoms with Crippen molar-refractivity contribution in [1.82, 2.24) is 4.98 Å². The third-order valence-electron chi connectivity index (χ3n) is 5.63. The maximum Gasteiger partial charge on any atom is 0.200 e. The summed E-state index contributed by atoms with van der Waals surface area (Å²) in [5, 5.41) is 8.86. The smallest absolute Gasteiger partial charge is 0.200 e. The molecule has 3 heteroatoms. The summed E-state index contributed by atoms with van der Waals surface area (Å²) in [5.41, 5.74) is 1.07. The Morgan fingerprint density at radius 1 is 1.21 bits per heavy atom. The van der Waals surface area contributed by atoms with Gasteiger partial charge in [-0.15, -0.1) is 0 Å². The van der Waals surface area contributed by atoms with Crippen molar-refractivity contribution in [1.29, 1.82) is 5.26 Å². The van der Waals surface area contributed by atoms with Crippen molar-refractivity contribution in [3.05, 3.63) is 17.3 Å². The van der Waals surface area contributed by atoms with Gasteiger partial charge in [0.25, 0.3) is 0 Å². The molecule has 4 bridgehead atoms. The van der Waals surface area contributed by atoms with Gasteiger partial charge in [0.2, 0.25) is 5.89 Å². The molecule has 0 saturated heterocycles. The maximum atomic E-state index is 8.86. The molecular weight excluding hydrogens is 236 g/mol. The molecule has 0 N–H and O–H groups in total. The molecule has 100 valence electrons. The fourth-order valence-electron chi connectivity index (χ4n) is 5.27. The van der Waals surface area contributed by atoms with Crippen LogP contribution in [-0.2, 0) is 11.8 Å². The lowest BCUT2D eigenvalue weighted by Crippen LogP contribution is -2.48. The molecule has 0 unspecified atom stereocenters. The molecule has 0 radical (unpaired) electrons. The van der Waals surface area contributed by atoms with Crippen molar-refractivity contribution in [2.24, 2.45) is 17.8 Å². The van der Waals surface area contributed by atoms with Crippen LogP contribution in [0.15, 0.2) is 4.42 Å². The zero-order chi connectivity index (χ0) is 13.0. The SMILES string of the molecule is Cc1oc(C23CC4CC(CC(C4)C2)C3)nc1CC#N. The van der Waals surface area contributed by atoms with Gasteiger partial charge < -0.3 is 4.42 Å². The normalized spacial score (nSPS) is 39.5. The monoisotopic (exact) mass is 256 g/mol. The van der Waals surface area contributed by atoms with E-state index in [0.29, 0.717) is 6.42 Å². The first kappa shape index (κ1) is 11.5. The highest BCUT2D eigenvalue weighted by molar-refractivity contribution is 5.21. The maximum absolute atomic E-state index is 8.86. The first-order chi connectivity index (χ1) is 9.18. The third-order valence-corrected chi connectivity index (χ3v) is 5.63. The van der Waals surface area contributed by atoms with Crippen LogP contribution < -0.4 is 0 Å². The highest BCUT2D eigenvalue weighted by Gasteiger charge is 2.54. The van der Waals surface area contributed by atoms with Gasteiger partial charge in [-0.2, -0.15) is 5.26 Å². The summed E-state index contributed by atoms with van der Waals surface area (Å²) in [6, 6.07) is 2.19. The number of nitrogens with zero attached hydrogens (tertiary/aromatic N) is 2. The van der Waals surface area contributed by atoms with Crippen LogP contribution in [-0.4, -0.2) is 4.98 Å². The second-order valence-electron chi connectivity index (χ2n) is 7.05. The van der Waals surface area contributed by atoms with Crippen LogP contribution in [0.4, 0.5) is 0 Å². The number of aromatic nitrogens is 1. The van der Waals surface area contributed by atoms with Crippen molar-refractivity contribution in [2.75, 3.05) is 0 Å². The number of hydrogen-bond donors (Lipinski definition) is 0. The van der Waals surface area contributed by atoms with E-state index < -0.39 is 0 Å². The van der Waals surface area contributed by atoms with Crippen LogP contribution in [0, 0.1) is 36.0 Å². The Kier molecular flexibility index (Phi) is 2.33. The molecule has 5 rings (SSSR count). The van der Waals surface area contributed by atoms with Gasteiger partial charge in [-0.05, 0) is 63.2 Å². The molecule has 3 nitrogen and oxygen atoms in total. The zero-order valence-corrected chi connectivity index (χ0v) is 11.5. The minimum atomic E-state index is 0.215. The van der Waals surface area contributed by atoms with Crippen molar-refractivity contribution >= 4 is 0 Å². The number of nitriles is 1. The van der Waals surface area contributed by atoms with E-state index in [1.54, 1.807) is 0 Å². The fourth-order valence-corrected chi connectivity index (χ4v) is 5.27. The molecule has 1 aromatic rings. The van der Waals surface area contributed by atoms with Gasteiger partial charge in [0.15, 0.2) is 0 Å². The van der Waals surface area contributed by atoms with Gasteiger partial charge >= 0.3 is 0 Å². The second kappa shape index (κ2) is 3.85. The summed E-state index contributed by atoms with van der Waals surface area (Å²) < 4.78 is 5.99. The van der Waals surface area contributed by atoms with E-state index in [9.17, 15) is 0 Å². The topological polar surface area (TPSA) is 49.8 Å². The zero-order valence-electron chi connectivity index (χ0n) is 11.5. The first-order valence-electron chi connectivity index (χ1n) is 7.52. The minimum absolute atomic E-state index is 0.215. The largest absolute Gasteiger partial charge is 0.445 e. The Balaban J connectivity index is 1.72. The first-order valence-corrected chi connectivity index (χ1v) is 7.52. The Bertz CT molecular complexity index is 516. The van der Waals surface area contributed by atoms with E-state index in [2.05, 4.69) is 6.07 Å². The summed E-state index contributed by atoms with van der Waals surface area (Å²) in [6.45, 7) is 1.95. The predicted octanol–water partition coefficient (Wildman–Crippen LogP) is 3.52. The minimum Gasteiger partial charge on any atom is -0.445 e. The van der Waals surface area contributed by atoms with Crippen molar-refractivity contribution < 1.29 is 4.42 Å². The summed E-state index contributed by atoms with van der Waals surface area (Å²) >= 11 is 0. The molecule has 4 fully saturated rings. The fraction of sp³-hybridized carbons (Fsp3) is 0.750. The van der Waals surface area contributed by atoms with Crippen molar-refractivity contribution in [3.63, 3.8) is 0 Å². The Morgan fingerprint density at radius 2 is 1.79 bits per heavy atom. The third kappa shape index (κ3) is 1.65. The lowest BCUT2D eigenvalue weighted by molar-refractivity contribution is -0.0180. The number of aryl methyl sites for hydroxylation is 1. The van der Waals surface area contributed by atoms with Gasteiger partial charge in [-0.3, -0.25) is 0 Å². The summed E-state index contributed by atoms with van der Waals surface area (Å²) in [4.78, 5) is 4.70. The molecular formula is C16H20N2O. The number of hydrogen-bond acceptors (Lipinski definition) is 3. The molecule has 0 aromatic carbocycles.